The van der Waals surface area contributed by atoms with Crippen LogP contribution in [0.25, 0.3) is 0 Å². The number of rotatable bonds is 5. The lowest BCUT2D eigenvalue weighted by atomic mass is 10.3. The maximum Gasteiger partial charge on any atom is 0.269 e. The Hall–Kier alpha value is -0.753. The van der Waals surface area contributed by atoms with Gasteiger partial charge in [-0.2, -0.15) is 0 Å². The fourth-order valence-corrected chi connectivity index (χ4v) is 3.41. The highest BCUT2D eigenvalue weighted by atomic mass is 35.5. The Labute approximate surface area is 127 Å². The van der Waals surface area contributed by atoms with Crippen molar-refractivity contribution >= 4 is 49.3 Å². The number of hydrogen-bond acceptors (Lipinski definition) is 3. The molecule has 0 bridgehead atoms. The van der Waals surface area contributed by atoms with E-state index in [1.54, 1.807) is 0 Å². The Morgan fingerprint density at radius 1 is 1.26 bits per heavy atom. The van der Waals surface area contributed by atoms with Gasteiger partial charge < -0.3 is 4.74 Å². The molecule has 0 aliphatic carbocycles. The van der Waals surface area contributed by atoms with Gasteiger partial charge in [0.15, 0.2) is 0 Å². The van der Waals surface area contributed by atoms with E-state index < -0.39 is 19.4 Å². The first-order valence-corrected chi connectivity index (χ1v) is 8.96. The predicted octanol–water partition coefficient (Wildman–Crippen LogP) is 4.52. The molecule has 0 fully saturated rings. The molecule has 1 rings (SSSR count). The van der Waals surface area contributed by atoms with Gasteiger partial charge >= 0.3 is 0 Å². The molecule has 103 valence electrons. The summed E-state index contributed by atoms with van der Waals surface area (Å²) in [5, 5.41) is 10.8. The van der Waals surface area contributed by atoms with Gasteiger partial charge in [-0.25, -0.2) is 0 Å². The Balaban J connectivity index is 2.92. The zero-order chi connectivity index (χ0) is 14.6. The molecule has 1 aromatic rings. The minimum atomic E-state index is -0.955. The predicted molar refractivity (Wildman–Crippen MR) is 79.6 cm³/mol. The van der Waals surface area contributed by atoms with E-state index in [4.69, 9.17) is 39.5 Å². The van der Waals surface area contributed by atoms with Gasteiger partial charge in [0.25, 0.3) is 5.69 Å². The number of nitro benzene ring substituents is 1. The summed E-state index contributed by atoms with van der Waals surface area (Å²) in [5.41, 5.74) is -0.405. The third-order valence-electron chi connectivity index (χ3n) is 2.24. The number of ether oxygens (including phenoxy) is 1. The molecule has 0 aliphatic rings. The number of halogens is 3. The molecule has 0 saturated heterocycles. The van der Waals surface area contributed by atoms with Crippen molar-refractivity contribution < 1.29 is 9.66 Å². The molecular weight excluding hydrogens is 329 g/mol. The average Bonchev–Trinajstić information content (AvgIpc) is 2.35. The van der Waals surface area contributed by atoms with Gasteiger partial charge in [-0.1, -0.05) is 47.9 Å². The van der Waals surface area contributed by atoms with Crippen molar-refractivity contribution in [1.82, 2.24) is 0 Å². The van der Waals surface area contributed by atoms with E-state index in [0.717, 1.165) is 0 Å². The molecule has 19 heavy (non-hydrogen) atoms. The Kier molecular flexibility index (Phi) is 6.13. The number of non-ortho nitro benzene ring substituents is 1. The quantitative estimate of drug-likeness (QED) is 0.450. The second-order valence-corrected chi connectivity index (χ2v) is 7.97. The van der Waals surface area contributed by atoms with Gasteiger partial charge in [0.2, 0.25) is 0 Å². The number of nitro groups is 1. The van der Waals surface area contributed by atoms with Crippen LogP contribution >= 0.6 is 34.8 Å². The summed E-state index contributed by atoms with van der Waals surface area (Å²) >= 11 is 17.3. The highest BCUT2D eigenvalue weighted by Crippen LogP contribution is 2.27. The zero-order valence-electron chi connectivity index (χ0n) is 10.2. The van der Waals surface area contributed by atoms with Gasteiger partial charge in [-0.05, 0) is 12.1 Å². The molecule has 8 heteroatoms. The van der Waals surface area contributed by atoms with Gasteiger partial charge in [-0.3, -0.25) is 10.1 Å². The molecule has 0 aromatic heterocycles. The van der Waals surface area contributed by atoms with Crippen molar-refractivity contribution in [2.75, 3.05) is 0 Å². The zero-order valence-corrected chi connectivity index (χ0v) is 13.5. The number of nitrogens with zero attached hydrogens (tertiary/aromatic N) is 1. The molecule has 0 N–H and O–H groups in total. The van der Waals surface area contributed by atoms with E-state index in [-0.39, 0.29) is 15.2 Å². The largest absolute Gasteiger partial charge is 0.489 e. The molecule has 0 saturated carbocycles. The van der Waals surface area contributed by atoms with E-state index in [1.807, 2.05) is 13.1 Å². The van der Waals surface area contributed by atoms with Crippen LogP contribution < -0.4 is 4.74 Å². The van der Waals surface area contributed by atoms with Gasteiger partial charge in [0.05, 0.1) is 9.96 Å². The van der Waals surface area contributed by atoms with Gasteiger partial charge in [0.1, 0.15) is 24.8 Å². The van der Waals surface area contributed by atoms with E-state index in [0.29, 0.717) is 5.75 Å². The molecule has 4 nitrogen and oxygen atoms in total. The number of benzene rings is 1. The van der Waals surface area contributed by atoms with Crippen molar-refractivity contribution in [2.45, 2.75) is 18.8 Å². The van der Waals surface area contributed by atoms with Crippen LogP contribution in [0.2, 0.25) is 13.1 Å². The van der Waals surface area contributed by atoms with Crippen LogP contribution in [0.1, 0.15) is 0 Å². The molecule has 0 amide bonds. The molecule has 0 aliphatic heterocycles. The van der Waals surface area contributed by atoms with Crippen molar-refractivity contribution in [1.29, 1.82) is 0 Å². The average molecular weight is 340 g/mol. The van der Waals surface area contributed by atoms with Crippen LogP contribution in [0.5, 0.6) is 5.75 Å². The summed E-state index contributed by atoms with van der Waals surface area (Å²) in [6, 6.07) is 5.76. The van der Waals surface area contributed by atoms with Gasteiger partial charge in [0, 0.05) is 12.1 Å². The van der Waals surface area contributed by atoms with Crippen molar-refractivity contribution in [3.8, 4) is 5.75 Å². The minimum absolute atomic E-state index is 0.000517. The number of hydrogen-bond donors (Lipinski definition) is 0. The van der Waals surface area contributed by atoms with Crippen LogP contribution in [0.3, 0.4) is 0 Å². The first-order chi connectivity index (χ1) is 8.82. The maximum atomic E-state index is 10.5. The lowest BCUT2D eigenvalue weighted by molar-refractivity contribution is -0.384. The topological polar surface area (TPSA) is 52.4 Å². The SMILES string of the molecule is C[Si](C)C(Oc1ccc([N+](=O)[O-])cc1)C(Cl)=C(Cl)Cl. The van der Waals surface area contributed by atoms with Crippen LogP contribution in [0.4, 0.5) is 5.69 Å². The van der Waals surface area contributed by atoms with E-state index >= 15 is 0 Å². The molecule has 0 heterocycles. The summed E-state index contributed by atoms with van der Waals surface area (Å²) in [5.74, 6) is 0.481. The molecule has 1 atom stereocenters. The Morgan fingerprint density at radius 3 is 2.16 bits per heavy atom. The molecule has 1 radical (unpaired) electrons. The summed E-state index contributed by atoms with van der Waals surface area (Å²) < 4.78 is 5.67. The summed E-state index contributed by atoms with van der Waals surface area (Å²) in [7, 11) is -0.955. The first-order valence-electron chi connectivity index (χ1n) is 5.24. The Morgan fingerprint density at radius 2 is 1.79 bits per heavy atom. The van der Waals surface area contributed by atoms with Crippen molar-refractivity contribution in [2.24, 2.45) is 0 Å². The molecule has 0 spiro atoms. The van der Waals surface area contributed by atoms with E-state index in [1.165, 1.54) is 24.3 Å². The molecule has 1 aromatic carbocycles. The highest BCUT2D eigenvalue weighted by molar-refractivity contribution is 6.64. The highest BCUT2D eigenvalue weighted by Gasteiger charge is 2.23. The second kappa shape index (κ2) is 7.14. The minimum Gasteiger partial charge on any atom is -0.489 e. The lowest BCUT2D eigenvalue weighted by Crippen LogP contribution is -2.31. The van der Waals surface area contributed by atoms with Crippen LogP contribution in [-0.2, 0) is 0 Å². The fraction of sp³-hybridized carbons (Fsp3) is 0.273. The van der Waals surface area contributed by atoms with Gasteiger partial charge in [-0.15, -0.1) is 0 Å². The summed E-state index contributed by atoms with van der Waals surface area (Å²) in [6.07, 6.45) is 0. The standard InChI is InChI=1S/C11H11Cl3NO3Si/c1-19(2)11(9(12)10(13)14)18-8-5-3-7(4-6-8)15(16)17/h3-6,11H,1-2H3. The molecular formula is C11H11Cl3NO3Si. The van der Waals surface area contributed by atoms with Crippen molar-refractivity contribution in [3.63, 3.8) is 0 Å². The lowest BCUT2D eigenvalue weighted by Gasteiger charge is -2.21. The summed E-state index contributed by atoms with van der Waals surface area (Å²) in [6.45, 7) is 4.00. The smallest absolute Gasteiger partial charge is 0.269 e. The third-order valence-corrected chi connectivity index (χ3v) is 4.86. The monoisotopic (exact) mass is 338 g/mol. The third kappa shape index (κ3) is 4.69. The Bertz CT molecular complexity index is 486. The molecule has 1 unspecified atom stereocenters. The second-order valence-electron chi connectivity index (χ2n) is 3.93. The van der Waals surface area contributed by atoms with E-state index in [9.17, 15) is 10.1 Å². The summed E-state index contributed by atoms with van der Waals surface area (Å²) in [4.78, 5) is 10.1. The van der Waals surface area contributed by atoms with E-state index in [2.05, 4.69) is 0 Å². The van der Waals surface area contributed by atoms with Crippen LogP contribution in [0.15, 0.2) is 33.8 Å². The fourth-order valence-electron chi connectivity index (χ4n) is 1.30. The maximum absolute atomic E-state index is 10.5. The van der Waals surface area contributed by atoms with Crippen molar-refractivity contribution in [3.05, 3.63) is 43.9 Å². The first kappa shape index (κ1) is 16.3. The normalized spacial score (nSPS) is 12.1. The van der Waals surface area contributed by atoms with Crippen LogP contribution in [-0.4, -0.2) is 19.4 Å². The van der Waals surface area contributed by atoms with Crippen LogP contribution in [0, 0.1) is 10.1 Å².